The molecule has 3 heterocycles. The third kappa shape index (κ3) is 3.00. The first-order valence-corrected chi connectivity index (χ1v) is 8.09. The van der Waals surface area contributed by atoms with Gasteiger partial charge < -0.3 is 14.8 Å². The van der Waals surface area contributed by atoms with E-state index in [-0.39, 0.29) is 11.8 Å². The van der Waals surface area contributed by atoms with Crippen LogP contribution in [0.1, 0.15) is 11.3 Å². The largest absolute Gasteiger partial charge is 0.493 e. The lowest BCUT2D eigenvalue weighted by Gasteiger charge is -2.25. The topological polar surface area (TPSA) is 77.8 Å². The molecule has 1 aliphatic heterocycles. The highest BCUT2D eigenvalue weighted by Gasteiger charge is 2.27. The summed E-state index contributed by atoms with van der Waals surface area (Å²) in [6.45, 7) is 0.704. The van der Waals surface area contributed by atoms with Crippen LogP contribution in [0.5, 0.6) is 11.5 Å². The molecule has 0 saturated heterocycles. The summed E-state index contributed by atoms with van der Waals surface area (Å²) in [5, 5.41) is 2.94. The Morgan fingerprint density at radius 1 is 1.44 bits per heavy atom. The smallest absolute Gasteiger partial charge is 0.233 e. The number of benzene rings is 1. The van der Waals surface area contributed by atoms with E-state index in [1.807, 2.05) is 41.1 Å². The molecular weight excluding hydrogens is 320 g/mol. The molecule has 0 fully saturated rings. The Morgan fingerprint density at radius 3 is 3.20 bits per heavy atom. The zero-order chi connectivity index (χ0) is 17.2. The maximum Gasteiger partial charge on any atom is 0.233 e. The van der Waals surface area contributed by atoms with E-state index in [0.717, 1.165) is 17.0 Å². The zero-order valence-electron chi connectivity index (χ0n) is 13.8. The van der Waals surface area contributed by atoms with E-state index < -0.39 is 0 Å². The number of rotatable bonds is 4. The minimum atomic E-state index is -0.227. The summed E-state index contributed by atoms with van der Waals surface area (Å²) in [5.74, 6) is 1.79. The molecule has 4 rings (SSSR count). The molecule has 1 unspecified atom stereocenters. The second kappa shape index (κ2) is 6.43. The fraction of sp³-hybridized carbons (Fsp3) is 0.278. The molecule has 3 aromatic rings. The van der Waals surface area contributed by atoms with Crippen LogP contribution in [0.4, 0.5) is 0 Å². The van der Waals surface area contributed by atoms with Crippen molar-refractivity contribution in [3.63, 3.8) is 0 Å². The van der Waals surface area contributed by atoms with Gasteiger partial charge in [-0.25, -0.2) is 9.97 Å². The number of hydrogen-bond acceptors (Lipinski definition) is 5. The van der Waals surface area contributed by atoms with Gasteiger partial charge in [-0.15, -0.1) is 0 Å². The van der Waals surface area contributed by atoms with E-state index in [9.17, 15) is 4.79 Å². The number of nitrogens with zero attached hydrogens (tertiary/aromatic N) is 3. The highest BCUT2D eigenvalue weighted by atomic mass is 16.5. The molecule has 1 amide bonds. The number of fused-ring (bicyclic) bond motifs is 2. The number of methoxy groups -OCH3 is 1. The lowest BCUT2D eigenvalue weighted by molar-refractivity contribution is -0.126. The Labute approximate surface area is 144 Å². The van der Waals surface area contributed by atoms with Gasteiger partial charge in [0.25, 0.3) is 0 Å². The zero-order valence-corrected chi connectivity index (χ0v) is 13.8. The number of nitrogens with one attached hydrogen (secondary N) is 1. The van der Waals surface area contributed by atoms with Crippen LogP contribution in [0.3, 0.4) is 0 Å². The second-order valence-corrected chi connectivity index (χ2v) is 5.94. The molecule has 7 heteroatoms. The standard InChI is InChI=1S/C18H18N4O3/c1-24-15-5-2-4-12-8-13(11-25-16(12)15)17(23)20-9-14-10-22-7-3-6-19-18(22)21-14/h2-7,10,13H,8-9,11H2,1H3,(H,20,23). The summed E-state index contributed by atoms with van der Waals surface area (Å²) < 4.78 is 12.9. The summed E-state index contributed by atoms with van der Waals surface area (Å²) in [5.41, 5.74) is 1.76. The first kappa shape index (κ1) is 15.4. The Kier molecular flexibility index (Phi) is 3.97. The molecule has 1 atom stereocenters. The number of imidazole rings is 1. The van der Waals surface area contributed by atoms with Crippen LogP contribution < -0.4 is 14.8 Å². The SMILES string of the molecule is COc1cccc2c1OCC(C(=O)NCc1cn3cccnc3n1)C2. The van der Waals surface area contributed by atoms with Gasteiger partial charge >= 0.3 is 0 Å². The quantitative estimate of drug-likeness (QED) is 0.782. The molecule has 7 nitrogen and oxygen atoms in total. The van der Waals surface area contributed by atoms with Gasteiger partial charge in [0.15, 0.2) is 11.5 Å². The van der Waals surface area contributed by atoms with E-state index >= 15 is 0 Å². The van der Waals surface area contributed by atoms with Crippen molar-refractivity contribution in [3.8, 4) is 11.5 Å². The molecule has 1 aromatic carbocycles. The average molecular weight is 338 g/mol. The molecular formula is C18H18N4O3. The van der Waals surface area contributed by atoms with Crippen LogP contribution in [0.25, 0.3) is 5.78 Å². The van der Waals surface area contributed by atoms with E-state index in [1.54, 1.807) is 13.3 Å². The van der Waals surface area contributed by atoms with Crippen molar-refractivity contribution in [3.05, 3.63) is 54.1 Å². The maximum atomic E-state index is 12.5. The molecule has 0 bridgehead atoms. The molecule has 2 aromatic heterocycles. The first-order valence-electron chi connectivity index (χ1n) is 8.09. The number of carbonyl (C=O) groups excluding carboxylic acids is 1. The number of hydrogen-bond donors (Lipinski definition) is 1. The Morgan fingerprint density at radius 2 is 2.36 bits per heavy atom. The number of ether oxygens (including phenoxy) is 2. The lowest BCUT2D eigenvalue weighted by atomic mass is 9.95. The van der Waals surface area contributed by atoms with Crippen molar-refractivity contribution in [2.45, 2.75) is 13.0 Å². The minimum Gasteiger partial charge on any atom is -0.493 e. The Hall–Kier alpha value is -3.09. The van der Waals surface area contributed by atoms with Crippen LogP contribution in [-0.4, -0.2) is 34.0 Å². The molecule has 1 aliphatic rings. The summed E-state index contributed by atoms with van der Waals surface area (Å²) in [7, 11) is 1.61. The van der Waals surface area contributed by atoms with E-state index in [0.29, 0.717) is 31.1 Å². The van der Waals surface area contributed by atoms with Crippen molar-refractivity contribution >= 4 is 11.7 Å². The minimum absolute atomic E-state index is 0.0431. The van der Waals surface area contributed by atoms with Gasteiger partial charge in [-0.3, -0.25) is 9.20 Å². The molecule has 0 saturated carbocycles. The van der Waals surface area contributed by atoms with E-state index in [2.05, 4.69) is 15.3 Å². The molecule has 128 valence electrons. The van der Waals surface area contributed by atoms with Gasteiger partial charge in [-0.2, -0.15) is 0 Å². The molecule has 1 N–H and O–H groups in total. The molecule has 0 aliphatic carbocycles. The molecule has 0 spiro atoms. The van der Waals surface area contributed by atoms with Gasteiger partial charge in [0.1, 0.15) is 6.61 Å². The number of amides is 1. The number of para-hydroxylation sites is 1. The van der Waals surface area contributed by atoms with E-state index in [1.165, 1.54) is 0 Å². The van der Waals surface area contributed by atoms with Crippen LogP contribution in [-0.2, 0) is 17.8 Å². The predicted molar refractivity (Wildman–Crippen MR) is 90.5 cm³/mol. The van der Waals surface area contributed by atoms with E-state index in [4.69, 9.17) is 9.47 Å². The molecule has 25 heavy (non-hydrogen) atoms. The number of aromatic nitrogens is 3. The monoisotopic (exact) mass is 338 g/mol. The van der Waals surface area contributed by atoms with Crippen LogP contribution in [0, 0.1) is 5.92 Å². The van der Waals surface area contributed by atoms with Gasteiger partial charge in [0.2, 0.25) is 11.7 Å². The Balaban J connectivity index is 1.41. The van der Waals surface area contributed by atoms with Gasteiger partial charge in [0.05, 0.1) is 25.3 Å². The second-order valence-electron chi connectivity index (χ2n) is 5.94. The highest BCUT2D eigenvalue weighted by molar-refractivity contribution is 5.79. The average Bonchev–Trinajstić information content (AvgIpc) is 3.08. The van der Waals surface area contributed by atoms with Gasteiger partial charge in [0, 0.05) is 18.6 Å². The van der Waals surface area contributed by atoms with Gasteiger partial charge in [-0.1, -0.05) is 12.1 Å². The fourth-order valence-corrected chi connectivity index (χ4v) is 3.01. The van der Waals surface area contributed by atoms with Crippen molar-refractivity contribution in [1.29, 1.82) is 0 Å². The van der Waals surface area contributed by atoms with Crippen molar-refractivity contribution in [2.24, 2.45) is 5.92 Å². The van der Waals surface area contributed by atoms with Crippen molar-refractivity contribution < 1.29 is 14.3 Å². The van der Waals surface area contributed by atoms with Crippen molar-refractivity contribution in [1.82, 2.24) is 19.7 Å². The third-order valence-electron chi connectivity index (χ3n) is 4.28. The Bertz CT molecular complexity index is 889. The number of carbonyl (C=O) groups is 1. The lowest BCUT2D eigenvalue weighted by Crippen LogP contribution is -2.37. The van der Waals surface area contributed by atoms with Crippen LogP contribution in [0.15, 0.2) is 42.9 Å². The van der Waals surface area contributed by atoms with Crippen LogP contribution >= 0.6 is 0 Å². The summed E-state index contributed by atoms with van der Waals surface area (Å²) in [6.07, 6.45) is 6.06. The highest BCUT2D eigenvalue weighted by Crippen LogP contribution is 2.36. The molecule has 0 radical (unpaired) electrons. The van der Waals surface area contributed by atoms with Gasteiger partial charge in [-0.05, 0) is 24.1 Å². The fourth-order valence-electron chi connectivity index (χ4n) is 3.01. The summed E-state index contributed by atoms with van der Waals surface area (Å²) >= 11 is 0. The normalized spacial score (nSPS) is 16.1. The first-order chi connectivity index (χ1) is 12.2. The predicted octanol–water partition coefficient (Wildman–Crippen LogP) is 1.61. The van der Waals surface area contributed by atoms with Crippen LogP contribution in [0.2, 0.25) is 0 Å². The maximum absolute atomic E-state index is 12.5. The van der Waals surface area contributed by atoms with Crippen molar-refractivity contribution in [2.75, 3.05) is 13.7 Å². The summed E-state index contributed by atoms with van der Waals surface area (Å²) in [4.78, 5) is 21.0. The summed E-state index contributed by atoms with van der Waals surface area (Å²) in [6, 6.07) is 7.56. The third-order valence-corrected chi connectivity index (χ3v) is 4.28.